The van der Waals surface area contributed by atoms with E-state index in [4.69, 9.17) is 31.7 Å². The van der Waals surface area contributed by atoms with Gasteiger partial charge in [-0.25, -0.2) is 0 Å². The second kappa shape index (κ2) is 8.51. The minimum absolute atomic E-state index is 0.274. The molecule has 1 aromatic carbocycles. The van der Waals surface area contributed by atoms with Gasteiger partial charge in [0, 0.05) is 38.8 Å². The minimum Gasteiger partial charge on any atom is -0.454 e. The van der Waals surface area contributed by atoms with E-state index in [1.165, 1.54) is 25.7 Å². The zero-order chi connectivity index (χ0) is 20.3. The van der Waals surface area contributed by atoms with Crippen molar-refractivity contribution in [3.05, 3.63) is 29.8 Å². The van der Waals surface area contributed by atoms with Gasteiger partial charge in [0.05, 0.1) is 0 Å². The molecule has 158 valence electrons. The van der Waals surface area contributed by atoms with E-state index in [2.05, 4.69) is 26.5 Å². The molecule has 2 aromatic rings. The molecule has 5 rings (SSSR count). The summed E-state index contributed by atoms with van der Waals surface area (Å²) >= 11 is 5.51. The van der Waals surface area contributed by atoms with Crippen molar-refractivity contribution in [3.63, 3.8) is 0 Å². The van der Waals surface area contributed by atoms with Crippen molar-refractivity contribution in [3.8, 4) is 11.5 Å². The normalized spacial score (nSPS) is 17.5. The Kier molecular flexibility index (Phi) is 5.44. The third-order valence-corrected chi connectivity index (χ3v) is 5.92. The number of thiocarbonyl (C=S) groups is 1. The maximum atomic E-state index is 5.51. The molecular formula is C21H26N6O2S. The van der Waals surface area contributed by atoms with Gasteiger partial charge in [0.15, 0.2) is 16.6 Å². The smallest absolute Gasteiger partial charge is 0.232 e. The van der Waals surface area contributed by atoms with Crippen molar-refractivity contribution in [1.82, 2.24) is 15.3 Å². The molecule has 30 heavy (non-hydrogen) atoms. The van der Waals surface area contributed by atoms with Gasteiger partial charge in [-0.1, -0.05) is 6.07 Å². The van der Waals surface area contributed by atoms with Crippen molar-refractivity contribution in [1.29, 1.82) is 0 Å². The van der Waals surface area contributed by atoms with Gasteiger partial charge in [0.25, 0.3) is 0 Å². The van der Waals surface area contributed by atoms with Gasteiger partial charge in [-0.2, -0.15) is 9.97 Å². The summed E-state index contributed by atoms with van der Waals surface area (Å²) < 4.78 is 10.8. The molecule has 1 aromatic heterocycles. The first-order chi connectivity index (χ1) is 14.7. The Morgan fingerprint density at radius 1 is 0.900 bits per heavy atom. The Morgan fingerprint density at radius 3 is 2.20 bits per heavy atom. The molecule has 0 bridgehead atoms. The van der Waals surface area contributed by atoms with Gasteiger partial charge in [-0.3, -0.25) is 0 Å². The summed E-state index contributed by atoms with van der Waals surface area (Å²) in [4.78, 5) is 14.1. The lowest BCUT2D eigenvalue weighted by molar-refractivity contribution is 0.174. The zero-order valence-corrected chi connectivity index (χ0v) is 17.7. The van der Waals surface area contributed by atoms with Crippen LogP contribution in [0.4, 0.5) is 17.6 Å². The van der Waals surface area contributed by atoms with Crippen molar-refractivity contribution in [2.24, 2.45) is 0 Å². The van der Waals surface area contributed by atoms with Crippen molar-refractivity contribution >= 4 is 34.9 Å². The number of rotatable bonds is 5. The van der Waals surface area contributed by atoms with Crippen molar-refractivity contribution in [2.75, 3.05) is 48.1 Å². The number of hydrogen-bond donors (Lipinski definition) is 2. The highest BCUT2D eigenvalue weighted by Crippen LogP contribution is 2.32. The summed E-state index contributed by atoms with van der Waals surface area (Å²) in [5.41, 5.74) is 1.06. The molecule has 2 saturated heterocycles. The first-order valence-corrected chi connectivity index (χ1v) is 11.0. The van der Waals surface area contributed by atoms with Gasteiger partial charge < -0.3 is 29.9 Å². The van der Waals surface area contributed by atoms with Crippen molar-refractivity contribution < 1.29 is 9.47 Å². The Labute approximate surface area is 181 Å². The van der Waals surface area contributed by atoms with Crippen LogP contribution in [0.2, 0.25) is 0 Å². The second-order valence-electron chi connectivity index (χ2n) is 7.79. The highest BCUT2D eigenvalue weighted by atomic mass is 32.1. The molecule has 0 atom stereocenters. The molecule has 0 amide bonds. The predicted octanol–water partition coefficient (Wildman–Crippen LogP) is 2.89. The van der Waals surface area contributed by atoms with E-state index >= 15 is 0 Å². The largest absolute Gasteiger partial charge is 0.454 e. The molecule has 8 nitrogen and oxygen atoms in total. The van der Waals surface area contributed by atoms with Gasteiger partial charge in [0.2, 0.25) is 12.7 Å². The van der Waals surface area contributed by atoms with Gasteiger partial charge in [-0.05, 0) is 55.6 Å². The molecule has 0 unspecified atom stereocenters. The average molecular weight is 427 g/mol. The summed E-state index contributed by atoms with van der Waals surface area (Å²) in [5, 5.41) is 6.91. The molecule has 0 aliphatic carbocycles. The lowest BCUT2D eigenvalue weighted by atomic mass is 10.2. The molecule has 2 fully saturated rings. The lowest BCUT2D eigenvalue weighted by Crippen LogP contribution is -2.30. The zero-order valence-electron chi connectivity index (χ0n) is 16.9. The average Bonchev–Trinajstić information content (AvgIpc) is 3.54. The van der Waals surface area contributed by atoms with Crippen LogP contribution in [0.15, 0.2) is 24.3 Å². The highest BCUT2D eigenvalue weighted by Gasteiger charge is 2.20. The molecule has 4 heterocycles. The van der Waals surface area contributed by atoms with E-state index in [0.717, 1.165) is 54.9 Å². The highest BCUT2D eigenvalue weighted by molar-refractivity contribution is 7.80. The van der Waals surface area contributed by atoms with Crippen molar-refractivity contribution in [2.45, 2.75) is 32.2 Å². The Hall–Kier alpha value is -2.81. The topological polar surface area (TPSA) is 74.8 Å². The fourth-order valence-corrected chi connectivity index (χ4v) is 4.24. The maximum absolute atomic E-state index is 5.51. The number of hydrogen-bond acceptors (Lipinski definition) is 7. The van der Waals surface area contributed by atoms with Crippen LogP contribution in [-0.2, 0) is 6.54 Å². The molecule has 0 radical (unpaired) electrons. The summed E-state index contributed by atoms with van der Waals surface area (Å²) in [7, 11) is 0. The molecule has 2 N–H and O–H groups in total. The molecule has 3 aliphatic rings. The summed E-state index contributed by atoms with van der Waals surface area (Å²) in [6.45, 7) is 5.03. The summed E-state index contributed by atoms with van der Waals surface area (Å²) in [6, 6.07) is 8.00. The second-order valence-corrected chi connectivity index (χ2v) is 8.20. The number of anilines is 3. The van der Waals surface area contributed by atoms with Crippen LogP contribution < -0.4 is 29.9 Å². The van der Waals surface area contributed by atoms with Crippen LogP contribution >= 0.6 is 12.2 Å². The van der Waals surface area contributed by atoms with Crippen LogP contribution in [-0.4, -0.2) is 48.1 Å². The third-order valence-electron chi connectivity index (χ3n) is 5.67. The van der Waals surface area contributed by atoms with Gasteiger partial charge in [0.1, 0.15) is 11.6 Å². The van der Waals surface area contributed by atoms with Crippen LogP contribution in [0, 0.1) is 0 Å². The van der Waals surface area contributed by atoms with Crippen LogP contribution in [0.25, 0.3) is 0 Å². The Balaban J connectivity index is 1.27. The van der Waals surface area contributed by atoms with Crippen LogP contribution in [0.5, 0.6) is 11.5 Å². The van der Waals surface area contributed by atoms with Gasteiger partial charge in [-0.15, -0.1) is 0 Å². The van der Waals surface area contributed by atoms with Crippen LogP contribution in [0.1, 0.15) is 31.2 Å². The van der Waals surface area contributed by atoms with E-state index in [9.17, 15) is 0 Å². The number of fused-ring (bicyclic) bond motifs is 1. The maximum Gasteiger partial charge on any atom is 0.232 e. The number of benzene rings is 1. The monoisotopic (exact) mass is 426 g/mol. The first-order valence-electron chi connectivity index (χ1n) is 10.6. The predicted molar refractivity (Wildman–Crippen MR) is 121 cm³/mol. The number of nitrogens with zero attached hydrogens (tertiary/aromatic N) is 4. The van der Waals surface area contributed by atoms with Crippen LogP contribution in [0.3, 0.4) is 0 Å². The SMILES string of the molecule is S=C(NCc1ccc2c(c1)OCO2)Nc1nc(N2CCCC2)cc(N2CCCC2)n1. The standard InChI is InChI=1S/C21H26N6O2S/c30-21(22-13-15-5-6-16-17(11-15)29-14-28-16)25-20-23-18(26-7-1-2-8-26)12-19(24-20)27-9-3-4-10-27/h5-6,11-12H,1-4,7-10,13-14H2,(H2,22,23,24,25,30). The van der Waals surface area contributed by atoms with E-state index in [0.29, 0.717) is 17.6 Å². The quantitative estimate of drug-likeness (QED) is 0.702. The van der Waals surface area contributed by atoms with E-state index < -0.39 is 0 Å². The lowest BCUT2D eigenvalue weighted by Gasteiger charge is -2.22. The summed E-state index contributed by atoms with van der Waals surface area (Å²) in [5.74, 6) is 4.05. The third kappa shape index (κ3) is 4.21. The molecular weight excluding hydrogens is 400 g/mol. The Bertz CT molecular complexity index is 893. The fourth-order valence-electron chi connectivity index (χ4n) is 4.07. The first kappa shape index (κ1) is 19.2. The molecule has 3 aliphatic heterocycles. The van der Waals surface area contributed by atoms with E-state index in [1.807, 2.05) is 18.2 Å². The van der Waals surface area contributed by atoms with E-state index in [-0.39, 0.29) is 6.79 Å². The number of nitrogens with one attached hydrogen (secondary N) is 2. The van der Waals surface area contributed by atoms with Gasteiger partial charge >= 0.3 is 0 Å². The molecule has 0 spiro atoms. The number of ether oxygens (including phenoxy) is 2. The van der Waals surface area contributed by atoms with E-state index in [1.54, 1.807) is 0 Å². The Morgan fingerprint density at radius 2 is 1.53 bits per heavy atom. The minimum atomic E-state index is 0.274. The molecule has 9 heteroatoms. The number of aromatic nitrogens is 2. The molecule has 0 saturated carbocycles. The summed E-state index contributed by atoms with van der Waals surface area (Å²) in [6.07, 6.45) is 4.84. The fraction of sp³-hybridized carbons (Fsp3) is 0.476.